The molecule has 10 heteroatoms. The Morgan fingerprint density at radius 1 is 1.17 bits per heavy atom. The molecule has 3 amide bonds. The summed E-state index contributed by atoms with van der Waals surface area (Å²) in [5.74, 6) is -1.56. The molecule has 4 aliphatic heterocycles. The average Bonchev–Trinajstić information content (AvgIpc) is 3.64. The first-order chi connectivity index (χ1) is 19.9. The van der Waals surface area contributed by atoms with E-state index in [1.165, 1.54) is 0 Å². The lowest BCUT2D eigenvalue weighted by Crippen LogP contribution is -2.56. The van der Waals surface area contributed by atoms with Crippen LogP contribution in [-0.4, -0.2) is 125 Å². The molecular formula is C31H42N4O5S. The lowest BCUT2D eigenvalue weighted by molar-refractivity contribution is -0.147. The normalized spacial score (nSPS) is 29.7. The van der Waals surface area contributed by atoms with Crippen LogP contribution in [-0.2, 0) is 19.1 Å². The molecule has 2 unspecified atom stereocenters. The van der Waals surface area contributed by atoms with Gasteiger partial charge in [-0.05, 0) is 18.4 Å². The van der Waals surface area contributed by atoms with E-state index in [0.29, 0.717) is 45.8 Å². The molecule has 0 aliphatic carbocycles. The molecule has 4 saturated heterocycles. The number of hydrogen-bond donors (Lipinski definition) is 1. The van der Waals surface area contributed by atoms with E-state index in [1.807, 2.05) is 30.3 Å². The summed E-state index contributed by atoms with van der Waals surface area (Å²) in [5.41, 5.74) is 0.771. The number of thioether (sulfide) groups is 1. The first kappa shape index (κ1) is 29.8. The monoisotopic (exact) mass is 582 g/mol. The molecule has 4 heterocycles. The van der Waals surface area contributed by atoms with Crippen molar-refractivity contribution < 1.29 is 24.2 Å². The van der Waals surface area contributed by atoms with Crippen molar-refractivity contribution in [3.05, 3.63) is 61.2 Å². The number of likely N-dealkylation sites (tertiary alicyclic amines) is 1. The fourth-order valence-corrected chi connectivity index (χ4v) is 9.45. The van der Waals surface area contributed by atoms with Crippen molar-refractivity contribution in [1.82, 2.24) is 19.6 Å². The zero-order valence-corrected chi connectivity index (χ0v) is 24.7. The van der Waals surface area contributed by atoms with Crippen molar-refractivity contribution in [3.63, 3.8) is 0 Å². The van der Waals surface area contributed by atoms with Gasteiger partial charge in [-0.25, -0.2) is 0 Å². The van der Waals surface area contributed by atoms with Crippen LogP contribution in [0.4, 0.5) is 0 Å². The van der Waals surface area contributed by atoms with Crippen LogP contribution in [0.25, 0.3) is 0 Å². The van der Waals surface area contributed by atoms with E-state index < -0.39 is 28.7 Å². The molecule has 0 aromatic heterocycles. The number of benzene rings is 1. The fraction of sp³-hybridized carbons (Fsp3) is 0.581. The van der Waals surface area contributed by atoms with Crippen molar-refractivity contribution in [1.29, 1.82) is 0 Å². The second-order valence-corrected chi connectivity index (χ2v) is 13.0. The van der Waals surface area contributed by atoms with Crippen LogP contribution >= 0.6 is 11.8 Å². The minimum Gasteiger partial charge on any atom is -0.394 e. The van der Waals surface area contributed by atoms with Crippen LogP contribution in [0.15, 0.2) is 55.6 Å². The van der Waals surface area contributed by atoms with Gasteiger partial charge < -0.3 is 24.5 Å². The number of aliphatic hydroxyl groups is 1. The van der Waals surface area contributed by atoms with Crippen LogP contribution in [0.5, 0.6) is 0 Å². The number of carbonyl (C=O) groups is 3. The molecule has 1 N–H and O–H groups in total. The van der Waals surface area contributed by atoms with Crippen LogP contribution in [0, 0.1) is 11.8 Å². The van der Waals surface area contributed by atoms with Crippen molar-refractivity contribution in [2.45, 2.75) is 34.9 Å². The summed E-state index contributed by atoms with van der Waals surface area (Å²) in [5, 5.41) is 10.7. The van der Waals surface area contributed by atoms with Crippen LogP contribution < -0.4 is 0 Å². The van der Waals surface area contributed by atoms with E-state index in [1.54, 1.807) is 45.7 Å². The summed E-state index contributed by atoms with van der Waals surface area (Å²) in [6.45, 7) is 12.3. The molecule has 41 heavy (non-hydrogen) atoms. The summed E-state index contributed by atoms with van der Waals surface area (Å²) in [6.07, 6.45) is 4.86. The fourth-order valence-electron chi connectivity index (χ4n) is 7.26. The molecule has 2 bridgehead atoms. The Balaban J connectivity index is 1.53. The zero-order chi connectivity index (χ0) is 29.1. The molecule has 0 saturated carbocycles. The summed E-state index contributed by atoms with van der Waals surface area (Å²) < 4.78 is 4.76. The quantitative estimate of drug-likeness (QED) is 0.376. The molecule has 0 radical (unpaired) electrons. The maximum atomic E-state index is 14.7. The number of likely N-dealkylation sites (N-methyl/N-ethyl adjacent to an activating group) is 1. The standard InChI is InChI=1S/C31H42N4O5S/c1-4-13-32(3)28(37)25-24-11-12-31(41-24)26(25)29(38)35(23(21-36)22-9-7-6-8-10-22)27(31)30(39)34(14-5-2)16-15-33-17-19-40-20-18-33/h4-10,23-27,36H,1-2,11-21H2,3H3/t23-,24+,25-,26+,27?,31?/m1/s1. The number of fused-ring (bicyclic) bond motifs is 1. The highest BCUT2D eigenvalue weighted by Crippen LogP contribution is 2.67. The summed E-state index contributed by atoms with van der Waals surface area (Å²) >= 11 is 1.65. The Labute approximate surface area is 247 Å². The Morgan fingerprint density at radius 2 is 1.88 bits per heavy atom. The maximum absolute atomic E-state index is 14.7. The number of aliphatic hydroxyl groups excluding tert-OH is 1. The summed E-state index contributed by atoms with van der Waals surface area (Å²) in [4.78, 5) is 50.3. The van der Waals surface area contributed by atoms with Gasteiger partial charge in [0.2, 0.25) is 17.7 Å². The van der Waals surface area contributed by atoms with Gasteiger partial charge in [0.05, 0.1) is 42.4 Å². The number of nitrogens with zero attached hydrogens (tertiary/aromatic N) is 4. The Bertz CT molecular complexity index is 1140. The molecule has 6 atom stereocenters. The van der Waals surface area contributed by atoms with Gasteiger partial charge >= 0.3 is 0 Å². The van der Waals surface area contributed by atoms with Gasteiger partial charge in [0.15, 0.2) is 0 Å². The topological polar surface area (TPSA) is 93.6 Å². The van der Waals surface area contributed by atoms with Gasteiger partial charge in [0.1, 0.15) is 6.04 Å². The highest BCUT2D eigenvalue weighted by atomic mass is 32.2. The highest BCUT2D eigenvalue weighted by molar-refractivity contribution is 8.02. The van der Waals surface area contributed by atoms with Gasteiger partial charge in [-0.1, -0.05) is 42.5 Å². The van der Waals surface area contributed by atoms with E-state index in [2.05, 4.69) is 18.1 Å². The minimum atomic E-state index is -0.792. The second-order valence-electron chi connectivity index (χ2n) is 11.4. The molecular weight excluding hydrogens is 540 g/mol. The van der Waals surface area contributed by atoms with Gasteiger partial charge in [-0.2, -0.15) is 0 Å². The van der Waals surface area contributed by atoms with Gasteiger partial charge in [0, 0.05) is 51.6 Å². The van der Waals surface area contributed by atoms with Gasteiger partial charge in [-0.3, -0.25) is 19.3 Å². The number of hydrogen-bond acceptors (Lipinski definition) is 7. The number of rotatable bonds is 12. The Morgan fingerprint density at radius 3 is 2.54 bits per heavy atom. The van der Waals surface area contributed by atoms with E-state index in [0.717, 1.165) is 25.1 Å². The van der Waals surface area contributed by atoms with Crippen LogP contribution in [0.3, 0.4) is 0 Å². The number of carbonyl (C=O) groups excluding carboxylic acids is 3. The lowest BCUT2D eigenvalue weighted by atomic mass is 9.70. The van der Waals surface area contributed by atoms with E-state index in [9.17, 15) is 19.5 Å². The second kappa shape index (κ2) is 12.7. The third-order valence-electron chi connectivity index (χ3n) is 9.18. The molecule has 4 fully saturated rings. The van der Waals surface area contributed by atoms with Crippen molar-refractivity contribution in [2.24, 2.45) is 11.8 Å². The predicted molar refractivity (Wildman–Crippen MR) is 159 cm³/mol. The van der Waals surface area contributed by atoms with E-state index >= 15 is 0 Å². The molecule has 4 aliphatic rings. The van der Waals surface area contributed by atoms with Crippen molar-refractivity contribution in [3.8, 4) is 0 Å². The number of amides is 3. The first-order valence-corrected chi connectivity index (χ1v) is 15.5. The van der Waals surface area contributed by atoms with Gasteiger partial charge in [0.25, 0.3) is 0 Å². The molecule has 9 nitrogen and oxygen atoms in total. The lowest BCUT2D eigenvalue weighted by Gasteiger charge is -2.40. The molecule has 222 valence electrons. The summed E-state index contributed by atoms with van der Waals surface area (Å²) in [7, 11) is 1.74. The van der Waals surface area contributed by atoms with Crippen molar-refractivity contribution >= 4 is 29.5 Å². The third-order valence-corrected chi connectivity index (χ3v) is 11.1. The smallest absolute Gasteiger partial charge is 0.247 e. The van der Waals surface area contributed by atoms with Crippen LogP contribution in [0.2, 0.25) is 0 Å². The van der Waals surface area contributed by atoms with E-state index in [-0.39, 0.29) is 29.6 Å². The average molecular weight is 583 g/mol. The Kier molecular flexibility index (Phi) is 9.23. The molecule has 1 aromatic carbocycles. The number of morpholine rings is 1. The first-order valence-electron chi connectivity index (χ1n) is 14.6. The SMILES string of the molecule is C=CCN(C)C(=O)[C@@H]1[C@@H]2CCC3(S2)C(C(=O)N(CC=C)CCN2CCOCC2)N([C@H](CO)c2ccccc2)C(=O)[C@H]13. The molecule has 1 spiro atoms. The van der Waals surface area contributed by atoms with E-state index in [4.69, 9.17) is 4.74 Å². The minimum absolute atomic E-state index is 0.0216. The predicted octanol–water partition coefficient (Wildman–Crippen LogP) is 1.80. The number of ether oxygens (including phenoxy) is 1. The van der Waals surface area contributed by atoms with Crippen LogP contribution in [0.1, 0.15) is 24.4 Å². The summed E-state index contributed by atoms with van der Waals surface area (Å²) in [6, 6.07) is 7.91. The molecule has 5 rings (SSSR count). The zero-order valence-electron chi connectivity index (χ0n) is 23.9. The highest BCUT2D eigenvalue weighted by Gasteiger charge is 2.74. The largest absolute Gasteiger partial charge is 0.394 e. The Hall–Kier alpha value is -2.66. The molecule has 1 aromatic rings. The van der Waals surface area contributed by atoms with Crippen molar-refractivity contribution in [2.75, 3.05) is 66.1 Å². The van der Waals surface area contributed by atoms with Gasteiger partial charge in [-0.15, -0.1) is 24.9 Å². The third kappa shape index (κ3) is 5.35. The maximum Gasteiger partial charge on any atom is 0.247 e.